The van der Waals surface area contributed by atoms with Gasteiger partial charge in [0.15, 0.2) is 0 Å². The number of halogens is 1. The number of carbonyl (C=O) groups excluding carboxylic acids is 1. The summed E-state index contributed by atoms with van der Waals surface area (Å²) in [5.74, 6) is -0.0621. The van der Waals surface area contributed by atoms with Crippen LogP contribution in [0, 0.1) is 0 Å². The minimum atomic E-state index is -0.511. The zero-order chi connectivity index (χ0) is 12.3. The minimum absolute atomic E-state index is 0.259. The molecule has 0 unspecified atom stereocenters. The van der Waals surface area contributed by atoms with E-state index in [1.807, 2.05) is 0 Å². The molecule has 0 saturated heterocycles. The molecular formula is C12H8BrNO3. The monoisotopic (exact) mass is 293 g/mol. The molecule has 0 fully saturated rings. The first-order valence-corrected chi connectivity index (χ1v) is 5.61. The maximum atomic E-state index is 11.7. The lowest BCUT2D eigenvalue weighted by atomic mass is 10.3. The zero-order valence-corrected chi connectivity index (χ0v) is 10.2. The Labute approximate surface area is 105 Å². The lowest BCUT2D eigenvalue weighted by molar-refractivity contribution is 0.0734. The Bertz CT molecular complexity index is 569. The van der Waals surface area contributed by atoms with E-state index in [-0.39, 0.29) is 5.56 Å². The number of nitrogens with one attached hydrogen (secondary N) is 1. The van der Waals surface area contributed by atoms with E-state index in [1.54, 1.807) is 24.3 Å². The van der Waals surface area contributed by atoms with E-state index in [9.17, 15) is 9.59 Å². The first-order chi connectivity index (χ1) is 8.15. The molecular weight excluding hydrogens is 286 g/mol. The molecule has 5 heteroatoms. The molecule has 17 heavy (non-hydrogen) atoms. The normalized spacial score (nSPS) is 9.94. The number of H-pyrrole nitrogens is 1. The quantitative estimate of drug-likeness (QED) is 0.683. The number of pyridine rings is 1. The Morgan fingerprint density at radius 3 is 2.41 bits per heavy atom. The predicted molar refractivity (Wildman–Crippen MR) is 66.2 cm³/mol. The highest BCUT2D eigenvalue weighted by atomic mass is 79.9. The van der Waals surface area contributed by atoms with Crippen LogP contribution in [-0.2, 0) is 0 Å². The highest BCUT2D eigenvalue weighted by Gasteiger charge is 2.08. The highest BCUT2D eigenvalue weighted by Crippen LogP contribution is 2.17. The summed E-state index contributed by atoms with van der Waals surface area (Å²) in [7, 11) is 0. The fraction of sp³-hybridized carbons (Fsp3) is 0. The largest absolute Gasteiger partial charge is 0.423 e. The van der Waals surface area contributed by atoms with Crippen molar-refractivity contribution in [1.29, 1.82) is 0 Å². The van der Waals surface area contributed by atoms with Gasteiger partial charge in [-0.05, 0) is 30.3 Å². The van der Waals surface area contributed by atoms with E-state index in [0.29, 0.717) is 11.3 Å². The second-order valence-corrected chi connectivity index (χ2v) is 4.20. The van der Waals surface area contributed by atoms with Crippen molar-refractivity contribution in [2.45, 2.75) is 0 Å². The van der Waals surface area contributed by atoms with Gasteiger partial charge in [-0.15, -0.1) is 0 Å². The van der Waals surface area contributed by atoms with E-state index in [0.717, 1.165) is 4.47 Å². The molecule has 0 radical (unpaired) electrons. The summed E-state index contributed by atoms with van der Waals surface area (Å²) in [6.07, 6.45) is 1.32. The Hall–Kier alpha value is -1.88. The molecule has 86 valence electrons. The smallest absolute Gasteiger partial charge is 0.345 e. The Kier molecular flexibility index (Phi) is 3.39. The molecule has 1 N–H and O–H groups in total. The molecule has 0 aliphatic carbocycles. The third-order valence-corrected chi connectivity index (χ3v) is 2.57. The number of esters is 1. The van der Waals surface area contributed by atoms with Gasteiger partial charge in [0.25, 0.3) is 0 Å². The summed E-state index contributed by atoms with van der Waals surface area (Å²) in [4.78, 5) is 24.9. The Balaban J connectivity index is 2.14. The Morgan fingerprint density at radius 2 is 1.82 bits per heavy atom. The molecule has 2 rings (SSSR count). The topological polar surface area (TPSA) is 59.2 Å². The fourth-order valence-corrected chi connectivity index (χ4v) is 1.47. The minimum Gasteiger partial charge on any atom is -0.423 e. The molecule has 0 aliphatic heterocycles. The lowest BCUT2D eigenvalue weighted by Gasteiger charge is -2.03. The first kappa shape index (κ1) is 11.6. The van der Waals surface area contributed by atoms with Gasteiger partial charge in [0, 0.05) is 16.7 Å². The number of hydrogen-bond donors (Lipinski definition) is 1. The molecule has 1 aromatic carbocycles. The third-order valence-electron chi connectivity index (χ3n) is 2.04. The maximum absolute atomic E-state index is 11.7. The van der Waals surface area contributed by atoms with Crippen LogP contribution in [0.2, 0.25) is 0 Å². The van der Waals surface area contributed by atoms with Gasteiger partial charge in [0.05, 0.1) is 5.56 Å². The van der Waals surface area contributed by atoms with Gasteiger partial charge in [-0.3, -0.25) is 4.79 Å². The standard InChI is InChI=1S/C12H8BrNO3/c13-9-2-4-10(5-3-9)17-12(16)8-1-6-11(15)14-7-8/h1-7H,(H,14,15). The van der Waals surface area contributed by atoms with Crippen LogP contribution in [0.25, 0.3) is 0 Å². The average molecular weight is 294 g/mol. The number of aromatic nitrogens is 1. The van der Waals surface area contributed by atoms with Gasteiger partial charge in [-0.25, -0.2) is 4.79 Å². The molecule has 0 spiro atoms. The summed E-state index contributed by atoms with van der Waals surface area (Å²) in [5, 5.41) is 0. The molecule has 0 aliphatic rings. The van der Waals surface area contributed by atoms with Crippen LogP contribution < -0.4 is 10.3 Å². The lowest BCUT2D eigenvalue weighted by Crippen LogP contribution is -2.12. The SMILES string of the molecule is O=C(Oc1ccc(Br)cc1)c1ccc(=O)[nH]c1. The van der Waals surface area contributed by atoms with Gasteiger partial charge >= 0.3 is 5.97 Å². The van der Waals surface area contributed by atoms with Crippen molar-refractivity contribution in [2.24, 2.45) is 0 Å². The number of carbonyl (C=O) groups is 1. The van der Waals surface area contributed by atoms with Gasteiger partial charge in [-0.1, -0.05) is 15.9 Å². The van der Waals surface area contributed by atoms with Crippen LogP contribution in [0.1, 0.15) is 10.4 Å². The number of ether oxygens (including phenoxy) is 1. The molecule has 1 heterocycles. The van der Waals surface area contributed by atoms with Gasteiger partial charge in [-0.2, -0.15) is 0 Å². The van der Waals surface area contributed by atoms with Crippen molar-refractivity contribution in [3.8, 4) is 5.75 Å². The van der Waals surface area contributed by atoms with Crippen LogP contribution in [0.15, 0.2) is 51.9 Å². The van der Waals surface area contributed by atoms with Gasteiger partial charge < -0.3 is 9.72 Å². The number of benzene rings is 1. The molecule has 0 atom stereocenters. The molecule has 0 bridgehead atoms. The predicted octanol–water partition coefficient (Wildman–Crippen LogP) is 2.36. The molecule has 0 amide bonds. The van der Waals surface area contributed by atoms with Crippen molar-refractivity contribution < 1.29 is 9.53 Å². The molecule has 1 aromatic heterocycles. The van der Waals surface area contributed by atoms with Crippen LogP contribution in [-0.4, -0.2) is 11.0 Å². The van der Waals surface area contributed by atoms with Crippen LogP contribution in [0.4, 0.5) is 0 Å². The van der Waals surface area contributed by atoms with Crippen molar-refractivity contribution >= 4 is 21.9 Å². The number of hydrogen-bond acceptors (Lipinski definition) is 3. The summed E-state index contributed by atoms with van der Waals surface area (Å²) in [6, 6.07) is 9.59. The van der Waals surface area contributed by atoms with Crippen molar-refractivity contribution in [3.63, 3.8) is 0 Å². The van der Waals surface area contributed by atoms with E-state index in [4.69, 9.17) is 4.74 Å². The number of rotatable bonds is 2. The fourth-order valence-electron chi connectivity index (χ4n) is 1.21. The van der Waals surface area contributed by atoms with Crippen LogP contribution >= 0.6 is 15.9 Å². The summed E-state index contributed by atoms with van der Waals surface area (Å²) in [6.45, 7) is 0. The van der Waals surface area contributed by atoms with Gasteiger partial charge in [0.1, 0.15) is 5.75 Å². The molecule has 4 nitrogen and oxygen atoms in total. The maximum Gasteiger partial charge on any atom is 0.345 e. The van der Waals surface area contributed by atoms with Crippen LogP contribution in [0.3, 0.4) is 0 Å². The van der Waals surface area contributed by atoms with E-state index >= 15 is 0 Å². The highest BCUT2D eigenvalue weighted by molar-refractivity contribution is 9.10. The van der Waals surface area contributed by atoms with Gasteiger partial charge in [0.2, 0.25) is 5.56 Å². The summed E-state index contributed by atoms with van der Waals surface area (Å²) >= 11 is 3.28. The number of aromatic amines is 1. The third kappa shape index (κ3) is 3.04. The summed E-state index contributed by atoms with van der Waals surface area (Å²) in [5.41, 5.74) is 0.0395. The zero-order valence-electron chi connectivity index (χ0n) is 8.64. The Morgan fingerprint density at radius 1 is 1.12 bits per heavy atom. The second-order valence-electron chi connectivity index (χ2n) is 3.29. The summed E-state index contributed by atoms with van der Waals surface area (Å²) < 4.78 is 6.02. The second kappa shape index (κ2) is 4.97. The van der Waals surface area contributed by atoms with Crippen molar-refractivity contribution in [2.75, 3.05) is 0 Å². The molecule has 0 saturated carbocycles. The van der Waals surface area contributed by atoms with E-state index < -0.39 is 5.97 Å². The van der Waals surface area contributed by atoms with Crippen LogP contribution in [0.5, 0.6) is 5.75 Å². The van der Waals surface area contributed by atoms with Crippen molar-refractivity contribution in [3.05, 3.63) is 63.0 Å². The average Bonchev–Trinajstić information content (AvgIpc) is 2.33. The van der Waals surface area contributed by atoms with E-state index in [1.165, 1.54) is 18.3 Å². The van der Waals surface area contributed by atoms with Crippen molar-refractivity contribution in [1.82, 2.24) is 4.98 Å². The first-order valence-electron chi connectivity index (χ1n) is 4.81. The molecule has 2 aromatic rings. The van der Waals surface area contributed by atoms with E-state index in [2.05, 4.69) is 20.9 Å².